The first-order valence-corrected chi connectivity index (χ1v) is 13.7. The van der Waals surface area contributed by atoms with Crippen molar-refractivity contribution >= 4 is 23.2 Å². The number of nitrogens with one attached hydrogen (secondary N) is 1. The molecule has 3 heterocycles. The molecule has 2 fully saturated rings. The SMILES string of the molecule is COc1cc(-c2ccnc(Nc3ccc(N4CCOCC4)cc3)n2)cc(C#N)c1OC1CCN(C(=O)[C@@H](C)O)CC1. The van der Waals surface area contributed by atoms with Gasteiger partial charge in [-0.15, -0.1) is 0 Å². The Morgan fingerprint density at radius 1 is 1.15 bits per heavy atom. The third-order valence-electron chi connectivity index (χ3n) is 7.24. The van der Waals surface area contributed by atoms with E-state index < -0.39 is 6.10 Å². The van der Waals surface area contributed by atoms with E-state index in [-0.39, 0.29) is 12.0 Å². The standard InChI is InChI=1S/C30H34N6O5/c1-20(37)29(38)36-11-8-25(9-12-36)41-28-22(19-31)17-21(18-27(28)39-2)26-7-10-32-30(34-26)33-23-3-5-24(6-4-23)35-13-15-40-16-14-35/h3-7,10,17-18,20,25,37H,8-9,11-16H2,1-2H3,(H,32,33,34)/t20-/m1/s1. The minimum Gasteiger partial charge on any atom is -0.493 e. The van der Waals surface area contributed by atoms with Gasteiger partial charge in [0.05, 0.1) is 31.6 Å². The van der Waals surface area contributed by atoms with Crippen LogP contribution in [0.2, 0.25) is 0 Å². The van der Waals surface area contributed by atoms with E-state index in [9.17, 15) is 15.2 Å². The Labute approximate surface area is 239 Å². The molecule has 0 radical (unpaired) electrons. The highest BCUT2D eigenvalue weighted by molar-refractivity contribution is 5.80. The largest absolute Gasteiger partial charge is 0.493 e. The minimum absolute atomic E-state index is 0.190. The lowest BCUT2D eigenvalue weighted by Crippen LogP contribution is -2.45. The summed E-state index contributed by atoms with van der Waals surface area (Å²) in [7, 11) is 1.53. The van der Waals surface area contributed by atoms with Crippen LogP contribution in [-0.4, -0.2) is 84.6 Å². The van der Waals surface area contributed by atoms with E-state index in [1.165, 1.54) is 14.0 Å². The molecule has 11 heteroatoms. The van der Waals surface area contributed by atoms with Crippen LogP contribution in [0, 0.1) is 11.3 Å². The van der Waals surface area contributed by atoms with Gasteiger partial charge >= 0.3 is 0 Å². The maximum Gasteiger partial charge on any atom is 0.251 e. The summed E-state index contributed by atoms with van der Waals surface area (Å²) in [4.78, 5) is 25.1. The van der Waals surface area contributed by atoms with Crippen molar-refractivity contribution in [1.29, 1.82) is 5.26 Å². The van der Waals surface area contributed by atoms with Crippen molar-refractivity contribution in [1.82, 2.24) is 14.9 Å². The third kappa shape index (κ3) is 6.67. The van der Waals surface area contributed by atoms with E-state index in [2.05, 4.69) is 38.4 Å². The van der Waals surface area contributed by atoms with Crippen molar-refractivity contribution in [3.8, 4) is 28.8 Å². The average molecular weight is 559 g/mol. The number of ether oxygens (including phenoxy) is 3. The van der Waals surface area contributed by atoms with Crippen molar-refractivity contribution in [2.75, 3.05) is 56.7 Å². The Kier molecular flexibility index (Phi) is 8.82. The first kappa shape index (κ1) is 28.1. The molecule has 3 aromatic rings. The summed E-state index contributed by atoms with van der Waals surface area (Å²) in [5, 5.41) is 22.8. The summed E-state index contributed by atoms with van der Waals surface area (Å²) in [5.74, 6) is 0.935. The quantitative estimate of drug-likeness (QED) is 0.424. The molecule has 2 N–H and O–H groups in total. The van der Waals surface area contributed by atoms with Crippen molar-refractivity contribution in [2.45, 2.75) is 32.0 Å². The number of morpholine rings is 1. The Balaban J connectivity index is 1.30. The van der Waals surface area contributed by atoms with Crippen LogP contribution >= 0.6 is 0 Å². The van der Waals surface area contributed by atoms with Gasteiger partial charge in [0.15, 0.2) is 11.5 Å². The zero-order valence-corrected chi connectivity index (χ0v) is 23.2. The van der Waals surface area contributed by atoms with Gasteiger partial charge in [-0.1, -0.05) is 0 Å². The topological polar surface area (TPSA) is 133 Å². The third-order valence-corrected chi connectivity index (χ3v) is 7.24. The van der Waals surface area contributed by atoms with E-state index >= 15 is 0 Å². The molecule has 1 aromatic heterocycles. The molecule has 5 rings (SSSR count). The van der Waals surface area contributed by atoms with Gasteiger partial charge in [-0.3, -0.25) is 4.79 Å². The predicted octanol–water partition coefficient (Wildman–Crippen LogP) is 3.35. The molecule has 2 saturated heterocycles. The van der Waals surface area contributed by atoms with Crippen LogP contribution in [-0.2, 0) is 9.53 Å². The lowest BCUT2D eigenvalue weighted by molar-refractivity contribution is -0.141. The van der Waals surface area contributed by atoms with Gasteiger partial charge < -0.3 is 34.4 Å². The van der Waals surface area contributed by atoms with E-state index in [4.69, 9.17) is 14.2 Å². The maximum absolute atomic E-state index is 12.1. The highest BCUT2D eigenvalue weighted by atomic mass is 16.5. The van der Waals surface area contributed by atoms with Gasteiger partial charge in [0.1, 0.15) is 18.3 Å². The fourth-order valence-corrected chi connectivity index (χ4v) is 5.02. The molecular weight excluding hydrogens is 524 g/mol. The summed E-state index contributed by atoms with van der Waals surface area (Å²) in [5.41, 5.74) is 3.65. The molecule has 1 atom stereocenters. The lowest BCUT2D eigenvalue weighted by atomic mass is 10.0. The van der Waals surface area contributed by atoms with Crippen molar-refractivity contribution in [3.63, 3.8) is 0 Å². The summed E-state index contributed by atoms with van der Waals surface area (Å²) in [6.07, 6.45) is 1.62. The number of aliphatic hydroxyl groups excluding tert-OH is 1. The second-order valence-electron chi connectivity index (χ2n) is 10.0. The van der Waals surface area contributed by atoms with Gasteiger partial charge in [0.25, 0.3) is 5.91 Å². The molecule has 1 amide bonds. The normalized spacial score (nSPS) is 16.5. The zero-order valence-electron chi connectivity index (χ0n) is 23.2. The highest BCUT2D eigenvalue weighted by Gasteiger charge is 2.27. The number of nitrogens with zero attached hydrogens (tertiary/aromatic N) is 5. The number of hydrogen-bond donors (Lipinski definition) is 2. The Morgan fingerprint density at radius 3 is 2.54 bits per heavy atom. The summed E-state index contributed by atoms with van der Waals surface area (Å²) in [6, 6.07) is 15.6. The number of benzene rings is 2. The van der Waals surface area contributed by atoms with Gasteiger partial charge in [0, 0.05) is 62.2 Å². The van der Waals surface area contributed by atoms with E-state index in [0.717, 1.165) is 37.7 Å². The predicted molar refractivity (Wildman–Crippen MR) is 153 cm³/mol. The van der Waals surface area contributed by atoms with Crippen LogP contribution in [0.1, 0.15) is 25.3 Å². The Morgan fingerprint density at radius 2 is 1.88 bits per heavy atom. The number of rotatable bonds is 8. The van der Waals surface area contributed by atoms with Gasteiger partial charge in [0.2, 0.25) is 5.95 Å². The van der Waals surface area contributed by atoms with E-state index in [1.54, 1.807) is 29.3 Å². The summed E-state index contributed by atoms with van der Waals surface area (Å²) >= 11 is 0. The molecule has 0 unspecified atom stereocenters. The zero-order chi connectivity index (χ0) is 28.8. The number of likely N-dealkylation sites (tertiary alicyclic amines) is 1. The number of hydrogen-bond acceptors (Lipinski definition) is 10. The number of anilines is 3. The molecule has 0 bridgehead atoms. The number of aromatic nitrogens is 2. The van der Waals surface area contributed by atoms with Crippen LogP contribution in [0.15, 0.2) is 48.7 Å². The molecule has 2 aromatic carbocycles. The smallest absolute Gasteiger partial charge is 0.251 e. The van der Waals surface area contributed by atoms with E-state index in [0.29, 0.717) is 60.2 Å². The van der Waals surface area contributed by atoms with Crippen molar-refractivity contribution < 1.29 is 24.1 Å². The number of carbonyl (C=O) groups excluding carboxylic acids is 1. The van der Waals surface area contributed by atoms with Crippen LogP contribution in [0.3, 0.4) is 0 Å². The fraction of sp³-hybridized carbons (Fsp3) is 0.400. The minimum atomic E-state index is -1.02. The van der Waals surface area contributed by atoms with Crippen LogP contribution in [0.25, 0.3) is 11.3 Å². The molecule has 2 aliphatic rings. The Hall–Kier alpha value is -4.40. The number of amides is 1. The van der Waals surface area contributed by atoms with Crippen LogP contribution in [0.5, 0.6) is 11.5 Å². The number of aliphatic hydroxyl groups is 1. The Bertz CT molecular complexity index is 1390. The number of methoxy groups -OCH3 is 1. The highest BCUT2D eigenvalue weighted by Crippen LogP contribution is 2.37. The van der Waals surface area contributed by atoms with Gasteiger partial charge in [-0.2, -0.15) is 5.26 Å². The van der Waals surface area contributed by atoms with Crippen molar-refractivity contribution in [2.24, 2.45) is 0 Å². The maximum atomic E-state index is 12.1. The fourth-order valence-electron chi connectivity index (χ4n) is 5.02. The number of carbonyl (C=O) groups is 1. The van der Waals surface area contributed by atoms with Crippen LogP contribution < -0.4 is 19.7 Å². The van der Waals surface area contributed by atoms with Crippen LogP contribution in [0.4, 0.5) is 17.3 Å². The molecular formula is C30H34N6O5. The second-order valence-corrected chi connectivity index (χ2v) is 10.0. The first-order chi connectivity index (χ1) is 19.9. The number of piperidine rings is 1. The molecule has 0 spiro atoms. The number of nitriles is 1. The molecule has 41 heavy (non-hydrogen) atoms. The first-order valence-electron chi connectivity index (χ1n) is 13.7. The monoisotopic (exact) mass is 558 g/mol. The molecule has 11 nitrogen and oxygen atoms in total. The summed E-state index contributed by atoms with van der Waals surface area (Å²) in [6.45, 7) is 5.64. The molecule has 0 aliphatic carbocycles. The van der Waals surface area contributed by atoms with Gasteiger partial charge in [-0.05, 0) is 49.4 Å². The molecule has 2 aliphatic heterocycles. The average Bonchev–Trinajstić information content (AvgIpc) is 3.02. The molecule has 214 valence electrons. The molecule has 0 saturated carbocycles. The van der Waals surface area contributed by atoms with Gasteiger partial charge in [-0.25, -0.2) is 9.97 Å². The summed E-state index contributed by atoms with van der Waals surface area (Å²) < 4.78 is 17.3. The second kappa shape index (κ2) is 12.8. The van der Waals surface area contributed by atoms with Crippen molar-refractivity contribution in [3.05, 3.63) is 54.2 Å². The van der Waals surface area contributed by atoms with E-state index in [1.807, 2.05) is 12.1 Å². The lowest BCUT2D eigenvalue weighted by Gasteiger charge is -2.33.